The number of benzene rings is 2. The number of aliphatic imine (C=N–C) groups is 1. The maximum atomic E-state index is 15.0. The monoisotopic (exact) mass is 471 g/mol. The predicted molar refractivity (Wildman–Crippen MR) is 125 cm³/mol. The molecule has 2 atom stereocenters. The van der Waals surface area contributed by atoms with Crippen LogP contribution < -0.4 is 15.4 Å². The first-order valence-corrected chi connectivity index (χ1v) is 10.2. The van der Waals surface area contributed by atoms with Crippen molar-refractivity contribution >= 4 is 56.8 Å². The van der Waals surface area contributed by atoms with Gasteiger partial charge in [-0.1, -0.05) is 28.6 Å². The molecule has 0 saturated carbocycles. The predicted octanol–water partition coefficient (Wildman–Crippen LogP) is 5.63. The highest BCUT2D eigenvalue weighted by Gasteiger charge is 2.19. The van der Waals surface area contributed by atoms with Gasteiger partial charge < -0.3 is 15.4 Å². The van der Waals surface area contributed by atoms with Crippen molar-refractivity contribution < 1.29 is 9.13 Å². The molecule has 0 bridgehead atoms. The summed E-state index contributed by atoms with van der Waals surface area (Å²) in [4.78, 5) is 12.5. The van der Waals surface area contributed by atoms with E-state index in [1.165, 1.54) is 12.4 Å². The van der Waals surface area contributed by atoms with Gasteiger partial charge in [-0.05, 0) is 51.9 Å². The Morgan fingerprint density at radius 3 is 2.70 bits per heavy atom. The number of nitrogens with zero attached hydrogens (tertiary/aromatic N) is 3. The zero-order valence-corrected chi connectivity index (χ0v) is 18.6. The molecule has 2 N–H and O–H groups in total. The normalized spacial score (nSPS) is 13.0. The molecule has 2 unspecified atom stereocenters. The molecule has 0 aliphatic rings. The van der Waals surface area contributed by atoms with Crippen LogP contribution in [0.1, 0.15) is 19.4 Å². The molecule has 156 valence electrons. The van der Waals surface area contributed by atoms with Crippen LogP contribution >= 0.6 is 15.9 Å². The van der Waals surface area contributed by atoms with Crippen LogP contribution in [0, 0.1) is 5.82 Å². The topological polar surface area (TPSA) is 71.4 Å². The lowest BCUT2D eigenvalue weighted by Crippen LogP contribution is -2.36. The molecule has 0 saturated heterocycles. The van der Waals surface area contributed by atoms with Crippen molar-refractivity contribution in [3.05, 3.63) is 53.0 Å². The Morgan fingerprint density at radius 2 is 2.03 bits per heavy atom. The van der Waals surface area contributed by atoms with E-state index in [0.29, 0.717) is 28.2 Å². The summed E-state index contributed by atoms with van der Waals surface area (Å²) in [6, 6.07) is 7.09. The minimum Gasteiger partial charge on any atom is -0.488 e. The molecule has 1 aromatic heterocycles. The number of rotatable bonds is 8. The highest BCUT2D eigenvalue weighted by molar-refractivity contribution is 9.10. The molecule has 3 rings (SSSR count). The lowest BCUT2D eigenvalue weighted by Gasteiger charge is -2.22. The summed E-state index contributed by atoms with van der Waals surface area (Å²) >= 11 is 3.50. The van der Waals surface area contributed by atoms with Crippen molar-refractivity contribution in [3.8, 4) is 5.75 Å². The third kappa shape index (κ3) is 4.34. The average Bonchev–Trinajstić information content (AvgIpc) is 2.73. The first-order valence-electron chi connectivity index (χ1n) is 9.36. The Bertz CT molecular complexity index is 1100. The van der Waals surface area contributed by atoms with Gasteiger partial charge in [-0.15, -0.1) is 0 Å². The van der Waals surface area contributed by atoms with Gasteiger partial charge in [0.25, 0.3) is 0 Å². The Kier molecular flexibility index (Phi) is 6.79. The molecule has 0 spiro atoms. The minimum absolute atomic E-state index is 0.117. The quantitative estimate of drug-likeness (QED) is 0.416. The summed E-state index contributed by atoms with van der Waals surface area (Å²) in [5, 5.41) is 6.90. The van der Waals surface area contributed by atoms with Crippen molar-refractivity contribution in [3.63, 3.8) is 0 Å². The standard InChI is InChI=1S/C22H23BrFN5O/c1-6-15-16(26-5)7-8-17(21(15)24)29-22-20-18(27-11-28-22)9-14(23)10-19(20)30-13(3)12(2)25-4/h6-13,25H,1,5H2,2-4H3,(H,27,28,29). The lowest BCUT2D eigenvalue weighted by atomic mass is 10.1. The Labute approximate surface area is 183 Å². The molecule has 0 aliphatic heterocycles. The van der Waals surface area contributed by atoms with E-state index in [1.54, 1.807) is 12.1 Å². The van der Waals surface area contributed by atoms with Gasteiger partial charge in [0.2, 0.25) is 0 Å². The van der Waals surface area contributed by atoms with E-state index in [0.717, 1.165) is 4.47 Å². The molecule has 8 heteroatoms. The molecule has 6 nitrogen and oxygen atoms in total. The number of hydrogen-bond donors (Lipinski definition) is 2. The lowest BCUT2D eigenvalue weighted by molar-refractivity contribution is 0.185. The van der Waals surface area contributed by atoms with Gasteiger partial charge in [0.05, 0.1) is 22.3 Å². The van der Waals surface area contributed by atoms with E-state index in [9.17, 15) is 0 Å². The van der Waals surface area contributed by atoms with E-state index < -0.39 is 5.82 Å². The number of aromatic nitrogens is 2. The molecular formula is C22H23BrFN5O. The van der Waals surface area contributed by atoms with Crippen LogP contribution in [-0.4, -0.2) is 35.9 Å². The minimum atomic E-state index is -0.488. The third-order valence-corrected chi connectivity index (χ3v) is 5.38. The van der Waals surface area contributed by atoms with Crippen molar-refractivity contribution in [1.29, 1.82) is 0 Å². The fourth-order valence-electron chi connectivity index (χ4n) is 2.98. The summed E-state index contributed by atoms with van der Waals surface area (Å²) < 4.78 is 22.0. The zero-order valence-electron chi connectivity index (χ0n) is 17.0. The van der Waals surface area contributed by atoms with Gasteiger partial charge in [-0.25, -0.2) is 14.4 Å². The molecule has 0 radical (unpaired) electrons. The summed E-state index contributed by atoms with van der Waals surface area (Å²) in [5.41, 5.74) is 1.59. The summed E-state index contributed by atoms with van der Waals surface area (Å²) in [7, 11) is 1.88. The van der Waals surface area contributed by atoms with Crippen molar-refractivity contribution in [1.82, 2.24) is 15.3 Å². The van der Waals surface area contributed by atoms with E-state index >= 15 is 4.39 Å². The Morgan fingerprint density at radius 1 is 1.27 bits per heavy atom. The van der Waals surface area contributed by atoms with Crippen LogP contribution in [0.4, 0.5) is 21.6 Å². The number of fused-ring (bicyclic) bond motifs is 1. The second-order valence-corrected chi connectivity index (χ2v) is 7.68. The first kappa shape index (κ1) is 21.9. The van der Waals surface area contributed by atoms with Gasteiger partial charge in [-0.2, -0.15) is 0 Å². The molecule has 30 heavy (non-hydrogen) atoms. The van der Waals surface area contributed by atoms with Crippen molar-refractivity contribution in [2.75, 3.05) is 12.4 Å². The number of nitrogens with one attached hydrogen (secondary N) is 2. The fourth-order valence-corrected chi connectivity index (χ4v) is 3.41. The van der Waals surface area contributed by atoms with E-state index in [-0.39, 0.29) is 23.4 Å². The van der Waals surface area contributed by atoms with Crippen LogP contribution in [0.15, 0.2) is 46.6 Å². The van der Waals surface area contributed by atoms with Gasteiger partial charge in [0, 0.05) is 16.1 Å². The second kappa shape index (κ2) is 9.32. The molecule has 3 aromatic rings. The number of likely N-dealkylation sites (N-methyl/N-ethyl adjacent to an activating group) is 1. The Hall–Kier alpha value is -2.84. The summed E-state index contributed by atoms with van der Waals surface area (Å²) in [6.07, 6.45) is 2.71. The van der Waals surface area contributed by atoms with Gasteiger partial charge in [0.1, 0.15) is 24.0 Å². The smallest absolute Gasteiger partial charge is 0.156 e. The number of hydrogen-bond acceptors (Lipinski definition) is 6. The molecule has 0 fully saturated rings. The van der Waals surface area contributed by atoms with Crippen LogP contribution in [0.5, 0.6) is 5.75 Å². The Balaban J connectivity index is 2.11. The van der Waals surface area contributed by atoms with Gasteiger partial charge >= 0.3 is 0 Å². The number of halogens is 2. The number of ether oxygens (including phenoxy) is 1. The SMILES string of the molecule is C=Cc1c(N=C)ccc(Nc2ncnc3cc(Br)cc(OC(C)C(C)NC)c23)c1F. The van der Waals surface area contributed by atoms with Crippen LogP contribution in [-0.2, 0) is 0 Å². The van der Waals surface area contributed by atoms with Crippen molar-refractivity contribution in [2.24, 2.45) is 4.99 Å². The van der Waals surface area contributed by atoms with Crippen molar-refractivity contribution in [2.45, 2.75) is 26.0 Å². The second-order valence-electron chi connectivity index (χ2n) is 6.77. The van der Waals surface area contributed by atoms with Crippen LogP contribution in [0.2, 0.25) is 0 Å². The first-order chi connectivity index (χ1) is 14.4. The average molecular weight is 472 g/mol. The van der Waals surface area contributed by atoms with Gasteiger partial charge in [0.15, 0.2) is 5.82 Å². The summed E-state index contributed by atoms with van der Waals surface area (Å²) in [6.45, 7) is 11.1. The summed E-state index contributed by atoms with van der Waals surface area (Å²) in [5.74, 6) is 0.532. The molecule has 0 amide bonds. The van der Waals surface area contributed by atoms with E-state index in [2.05, 4.69) is 54.8 Å². The zero-order chi connectivity index (χ0) is 21.8. The maximum Gasteiger partial charge on any atom is 0.156 e. The molecule has 2 aromatic carbocycles. The number of anilines is 2. The molecule has 0 aliphatic carbocycles. The maximum absolute atomic E-state index is 15.0. The molecular weight excluding hydrogens is 449 g/mol. The van der Waals surface area contributed by atoms with E-state index in [1.807, 2.05) is 33.0 Å². The third-order valence-electron chi connectivity index (χ3n) is 4.92. The van der Waals surface area contributed by atoms with Crippen LogP contribution in [0.25, 0.3) is 17.0 Å². The van der Waals surface area contributed by atoms with E-state index in [4.69, 9.17) is 4.74 Å². The fraction of sp³-hybridized carbons (Fsp3) is 0.227. The molecule has 1 heterocycles. The van der Waals surface area contributed by atoms with Crippen LogP contribution in [0.3, 0.4) is 0 Å². The van der Waals surface area contributed by atoms with Gasteiger partial charge in [-0.3, -0.25) is 4.99 Å². The highest BCUT2D eigenvalue weighted by Crippen LogP contribution is 2.37. The highest BCUT2D eigenvalue weighted by atomic mass is 79.9. The largest absolute Gasteiger partial charge is 0.488 e.